The minimum atomic E-state index is 0.433. The number of halogens is 1. The van der Waals surface area contributed by atoms with Crippen LogP contribution in [0.3, 0.4) is 0 Å². The van der Waals surface area contributed by atoms with E-state index < -0.39 is 0 Å². The molecule has 1 unspecified atom stereocenters. The van der Waals surface area contributed by atoms with Crippen molar-refractivity contribution >= 4 is 15.9 Å². The van der Waals surface area contributed by atoms with Gasteiger partial charge < -0.3 is 10.1 Å². The molecule has 0 spiro atoms. The van der Waals surface area contributed by atoms with E-state index in [1.165, 1.54) is 34.9 Å². The fourth-order valence-electron chi connectivity index (χ4n) is 2.63. The van der Waals surface area contributed by atoms with Gasteiger partial charge in [-0.1, -0.05) is 28.1 Å². The Hall–Kier alpha value is -0.380. The Bertz CT molecular complexity index is 388. The van der Waals surface area contributed by atoms with Gasteiger partial charge in [-0.15, -0.1) is 0 Å². The van der Waals surface area contributed by atoms with Crippen molar-refractivity contribution in [1.29, 1.82) is 0 Å². The first-order valence-electron chi connectivity index (χ1n) is 6.71. The van der Waals surface area contributed by atoms with Gasteiger partial charge in [-0.3, -0.25) is 0 Å². The average Bonchev–Trinajstić information content (AvgIpc) is 2.38. The summed E-state index contributed by atoms with van der Waals surface area (Å²) in [6, 6.07) is 7.06. The number of hydrogen-bond donors (Lipinski definition) is 1. The van der Waals surface area contributed by atoms with E-state index in [4.69, 9.17) is 4.74 Å². The number of ether oxygens (including phenoxy) is 1. The smallest absolute Gasteiger partial charge is 0.0468 e. The Morgan fingerprint density at radius 2 is 2.11 bits per heavy atom. The van der Waals surface area contributed by atoms with Gasteiger partial charge in [-0.25, -0.2) is 0 Å². The van der Waals surface area contributed by atoms with E-state index in [-0.39, 0.29) is 0 Å². The lowest BCUT2D eigenvalue weighted by atomic mass is 9.89. The summed E-state index contributed by atoms with van der Waals surface area (Å²) in [6.45, 7) is 3.98. The van der Waals surface area contributed by atoms with Crippen LogP contribution in [0.15, 0.2) is 22.7 Å². The number of rotatable bonds is 4. The van der Waals surface area contributed by atoms with E-state index in [0.717, 1.165) is 19.1 Å². The number of hydrogen-bond acceptors (Lipinski definition) is 2. The molecule has 0 saturated carbocycles. The second-order valence-electron chi connectivity index (χ2n) is 5.16. The van der Waals surface area contributed by atoms with Crippen molar-refractivity contribution in [3.8, 4) is 0 Å². The van der Waals surface area contributed by atoms with E-state index in [9.17, 15) is 0 Å². The number of aryl methyl sites for hydroxylation is 1. The van der Waals surface area contributed by atoms with Crippen LogP contribution < -0.4 is 5.32 Å². The summed E-state index contributed by atoms with van der Waals surface area (Å²) in [5.41, 5.74) is 2.67. The predicted octanol–water partition coefficient (Wildman–Crippen LogP) is 3.83. The van der Waals surface area contributed by atoms with Gasteiger partial charge in [0, 0.05) is 23.7 Å². The SMILES string of the molecule is CNC(CC1CCOCC1)c1ccc(C)cc1Br. The van der Waals surface area contributed by atoms with Crippen molar-refractivity contribution in [3.05, 3.63) is 33.8 Å². The maximum atomic E-state index is 5.43. The second kappa shape index (κ2) is 6.69. The molecule has 0 aliphatic carbocycles. The molecule has 1 aromatic rings. The molecule has 0 aromatic heterocycles. The molecule has 1 saturated heterocycles. The van der Waals surface area contributed by atoms with Gasteiger partial charge in [0.1, 0.15) is 0 Å². The van der Waals surface area contributed by atoms with E-state index in [0.29, 0.717) is 6.04 Å². The standard InChI is InChI=1S/C15H22BrNO/c1-11-3-4-13(14(16)9-11)15(17-2)10-12-5-7-18-8-6-12/h3-4,9,12,15,17H,5-8,10H2,1-2H3. The predicted molar refractivity (Wildman–Crippen MR) is 78.8 cm³/mol. The molecule has 3 heteroatoms. The van der Waals surface area contributed by atoms with Crippen LogP contribution in [0.2, 0.25) is 0 Å². The summed E-state index contributed by atoms with van der Waals surface area (Å²) in [6.07, 6.45) is 3.59. The fourth-order valence-corrected chi connectivity index (χ4v) is 3.40. The van der Waals surface area contributed by atoms with Crippen LogP contribution in [0.5, 0.6) is 0 Å². The maximum Gasteiger partial charge on any atom is 0.0468 e. The molecule has 100 valence electrons. The van der Waals surface area contributed by atoms with E-state index in [1.807, 2.05) is 0 Å². The molecule has 1 atom stereocenters. The second-order valence-corrected chi connectivity index (χ2v) is 6.01. The van der Waals surface area contributed by atoms with Crippen molar-refractivity contribution in [1.82, 2.24) is 5.32 Å². The van der Waals surface area contributed by atoms with Crippen LogP contribution in [0.1, 0.15) is 36.4 Å². The first-order valence-corrected chi connectivity index (χ1v) is 7.51. The molecule has 1 aliphatic heterocycles. The highest BCUT2D eigenvalue weighted by atomic mass is 79.9. The van der Waals surface area contributed by atoms with Gasteiger partial charge in [0.15, 0.2) is 0 Å². The Kier molecular flexibility index (Phi) is 5.22. The lowest BCUT2D eigenvalue weighted by Gasteiger charge is -2.27. The van der Waals surface area contributed by atoms with Gasteiger partial charge in [-0.05, 0) is 56.3 Å². The molecule has 0 bridgehead atoms. The van der Waals surface area contributed by atoms with Crippen LogP contribution >= 0.6 is 15.9 Å². The highest BCUT2D eigenvalue weighted by Gasteiger charge is 2.20. The third kappa shape index (κ3) is 3.56. The van der Waals surface area contributed by atoms with Crippen LogP contribution in [0, 0.1) is 12.8 Å². The molecule has 1 aromatic carbocycles. The number of nitrogens with one attached hydrogen (secondary N) is 1. The normalized spacial score (nSPS) is 18.8. The molecule has 2 rings (SSSR count). The zero-order chi connectivity index (χ0) is 13.0. The minimum Gasteiger partial charge on any atom is -0.381 e. The third-order valence-corrected chi connectivity index (χ3v) is 4.48. The van der Waals surface area contributed by atoms with Gasteiger partial charge in [-0.2, -0.15) is 0 Å². The highest BCUT2D eigenvalue weighted by molar-refractivity contribution is 9.10. The van der Waals surface area contributed by atoms with Crippen molar-refractivity contribution < 1.29 is 4.74 Å². The Balaban J connectivity index is 2.07. The van der Waals surface area contributed by atoms with Crippen LogP contribution in [0.4, 0.5) is 0 Å². The summed E-state index contributed by atoms with van der Waals surface area (Å²) in [5.74, 6) is 0.782. The van der Waals surface area contributed by atoms with Crippen molar-refractivity contribution in [2.45, 2.75) is 32.2 Å². The summed E-state index contributed by atoms with van der Waals surface area (Å²) in [5, 5.41) is 3.46. The Morgan fingerprint density at radius 3 is 2.72 bits per heavy atom. The minimum absolute atomic E-state index is 0.433. The van der Waals surface area contributed by atoms with E-state index >= 15 is 0 Å². The topological polar surface area (TPSA) is 21.3 Å². The summed E-state index contributed by atoms with van der Waals surface area (Å²) in [4.78, 5) is 0. The van der Waals surface area contributed by atoms with Gasteiger partial charge in [0.25, 0.3) is 0 Å². The summed E-state index contributed by atoms with van der Waals surface area (Å²) < 4.78 is 6.65. The van der Waals surface area contributed by atoms with Gasteiger partial charge >= 0.3 is 0 Å². The lowest BCUT2D eigenvalue weighted by molar-refractivity contribution is 0.0608. The van der Waals surface area contributed by atoms with Gasteiger partial charge in [0.2, 0.25) is 0 Å². The largest absolute Gasteiger partial charge is 0.381 e. The molecular formula is C15H22BrNO. The zero-order valence-corrected chi connectivity index (χ0v) is 12.8. The van der Waals surface area contributed by atoms with E-state index in [2.05, 4.69) is 53.4 Å². The molecular weight excluding hydrogens is 290 g/mol. The molecule has 2 nitrogen and oxygen atoms in total. The highest BCUT2D eigenvalue weighted by Crippen LogP contribution is 2.31. The van der Waals surface area contributed by atoms with Crippen molar-refractivity contribution in [2.24, 2.45) is 5.92 Å². The Labute approximate surface area is 118 Å². The lowest BCUT2D eigenvalue weighted by Crippen LogP contribution is -2.24. The summed E-state index contributed by atoms with van der Waals surface area (Å²) in [7, 11) is 2.05. The zero-order valence-electron chi connectivity index (χ0n) is 11.2. The first-order chi connectivity index (χ1) is 8.70. The fraction of sp³-hybridized carbons (Fsp3) is 0.600. The van der Waals surface area contributed by atoms with E-state index in [1.54, 1.807) is 0 Å². The molecule has 18 heavy (non-hydrogen) atoms. The first kappa shape index (κ1) is 14.0. The Morgan fingerprint density at radius 1 is 1.39 bits per heavy atom. The average molecular weight is 312 g/mol. The molecule has 1 aliphatic rings. The van der Waals surface area contributed by atoms with Crippen LogP contribution in [0.25, 0.3) is 0 Å². The molecule has 1 fully saturated rings. The molecule has 0 radical (unpaired) electrons. The maximum absolute atomic E-state index is 5.43. The third-order valence-electron chi connectivity index (χ3n) is 3.79. The monoisotopic (exact) mass is 311 g/mol. The van der Waals surface area contributed by atoms with Crippen LogP contribution in [-0.2, 0) is 4.74 Å². The van der Waals surface area contributed by atoms with Crippen molar-refractivity contribution in [2.75, 3.05) is 20.3 Å². The molecule has 0 amide bonds. The quantitative estimate of drug-likeness (QED) is 0.912. The van der Waals surface area contributed by atoms with Crippen molar-refractivity contribution in [3.63, 3.8) is 0 Å². The molecule has 1 heterocycles. The van der Waals surface area contributed by atoms with Gasteiger partial charge in [0.05, 0.1) is 0 Å². The summed E-state index contributed by atoms with van der Waals surface area (Å²) >= 11 is 3.69. The molecule has 1 N–H and O–H groups in total. The number of benzene rings is 1. The van der Waals surface area contributed by atoms with Crippen LogP contribution in [-0.4, -0.2) is 20.3 Å².